The number of nitrogens with one attached hydrogen (secondary N) is 2. The lowest BCUT2D eigenvalue weighted by Gasteiger charge is -2.02. The van der Waals surface area contributed by atoms with Gasteiger partial charge in [0.1, 0.15) is 4.64 Å². The van der Waals surface area contributed by atoms with Crippen molar-refractivity contribution in [1.29, 1.82) is 0 Å². The Kier molecular flexibility index (Phi) is 5.08. The molecule has 0 atom stereocenters. The molecule has 3 rings (SSSR count). The molecule has 0 unspecified atom stereocenters. The highest BCUT2D eigenvalue weighted by Crippen LogP contribution is 2.24. The number of hydrogen-bond acceptors (Lipinski definition) is 4. The monoisotopic (exact) mass is 375 g/mol. The number of anilines is 1. The normalized spacial score (nSPS) is 10.6. The number of halogens is 1. The van der Waals surface area contributed by atoms with E-state index < -0.39 is 0 Å². The molecule has 0 aliphatic rings. The number of amides is 1. The third-order valence-corrected chi connectivity index (χ3v) is 5.11. The van der Waals surface area contributed by atoms with E-state index in [1.165, 1.54) is 11.3 Å². The lowest BCUT2D eigenvalue weighted by atomic mass is 10.1. The minimum Gasteiger partial charge on any atom is -0.352 e. The fourth-order valence-electron chi connectivity index (χ4n) is 2.16. The summed E-state index contributed by atoms with van der Waals surface area (Å²) in [5, 5.41) is 4.08. The first-order valence-electron chi connectivity index (χ1n) is 7.22. The smallest absolute Gasteiger partial charge is 0.260 e. The number of pyridine rings is 1. The van der Waals surface area contributed by atoms with Gasteiger partial charge in [0.25, 0.3) is 5.91 Å². The van der Waals surface area contributed by atoms with Gasteiger partial charge in [-0.05, 0) is 36.2 Å². The molecule has 1 aromatic carbocycles. The van der Waals surface area contributed by atoms with Crippen molar-refractivity contribution in [3.63, 3.8) is 0 Å². The van der Waals surface area contributed by atoms with Gasteiger partial charge in [-0.15, -0.1) is 11.3 Å². The van der Waals surface area contributed by atoms with Gasteiger partial charge in [0.2, 0.25) is 0 Å². The van der Waals surface area contributed by atoms with Gasteiger partial charge in [0, 0.05) is 28.7 Å². The Balaban J connectivity index is 1.71. The molecule has 0 aliphatic carbocycles. The lowest BCUT2D eigenvalue weighted by molar-refractivity contribution is 0.102. The van der Waals surface area contributed by atoms with Gasteiger partial charge in [0.05, 0.1) is 5.56 Å². The van der Waals surface area contributed by atoms with Crippen molar-refractivity contribution in [2.75, 3.05) is 5.32 Å². The molecule has 1 amide bonds. The van der Waals surface area contributed by atoms with Gasteiger partial charge in [-0.25, -0.2) is 4.98 Å². The van der Waals surface area contributed by atoms with E-state index in [1.54, 1.807) is 24.5 Å². The second-order valence-electron chi connectivity index (χ2n) is 5.26. The molecular formula is C17H14ClN3OS2. The summed E-state index contributed by atoms with van der Waals surface area (Å²) in [5.74, 6) is -0.267. The van der Waals surface area contributed by atoms with E-state index in [1.807, 2.05) is 25.1 Å². The number of carbonyl (C=O) groups excluding carboxylic acids is 1. The lowest BCUT2D eigenvalue weighted by Crippen LogP contribution is -2.12. The molecule has 4 nitrogen and oxygen atoms in total. The maximum Gasteiger partial charge on any atom is 0.260 e. The van der Waals surface area contributed by atoms with Gasteiger partial charge < -0.3 is 4.98 Å². The third-order valence-electron chi connectivity index (χ3n) is 3.45. The molecule has 2 aromatic heterocycles. The van der Waals surface area contributed by atoms with Crippen LogP contribution in [0.15, 0.2) is 42.7 Å². The molecule has 0 radical (unpaired) electrons. The SMILES string of the molecule is Cc1ccc(Cc2cnc(NC(=O)c3ccc[nH]c3=S)s2)cc1Cl. The van der Waals surface area contributed by atoms with Crippen LogP contribution in [-0.4, -0.2) is 15.9 Å². The summed E-state index contributed by atoms with van der Waals surface area (Å²) in [6.07, 6.45) is 4.17. The molecule has 0 saturated heterocycles. The molecule has 2 heterocycles. The van der Waals surface area contributed by atoms with Crippen LogP contribution in [0.2, 0.25) is 5.02 Å². The maximum absolute atomic E-state index is 12.2. The van der Waals surface area contributed by atoms with Crippen LogP contribution >= 0.6 is 35.2 Å². The van der Waals surface area contributed by atoms with Crippen molar-refractivity contribution in [1.82, 2.24) is 9.97 Å². The maximum atomic E-state index is 12.2. The van der Waals surface area contributed by atoms with Crippen LogP contribution < -0.4 is 5.32 Å². The Morgan fingerprint density at radius 1 is 1.42 bits per heavy atom. The first kappa shape index (κ1) is 16.8. The standard InChI is InChI=1S/C17H14ClN3OS2/c1-10-4-5-11(8-14(10)18)7-12-9-20-17(24-12)21-15(22)13-3-2-6-19-16(13)23/h2-6,8-9H,7H2,1H3,(H,19,23)(H,20,21,22). The summed E-state index contributed by atoms with van der Waals surface area (Å²) in [5.41, 5.74) is 2.59. The van der Waals surface area contributed by atoms with E-state index in [9.17, 15) is 4.79 Å². The van der Waals surface area contributed by atoms with E-state index in [-0.39, 0.29) is 5.91 Å². The van der Waals surface area contributed by atoms with Crippen molar-refractivity contribution in [2.24, 2.45) is 0 Å². The Morgan fingerprint density at radius 2 is 2.25 bits per heavy atom. The second kappa shape index (κ2) is 7.25. The molecule has 3 aromatic rings. The van der Waals surface area contributed by atoms with Crippen molar-refractivity contribution in [2.45, 2.75) is 13.3 Å². The number of thiazole rings is 1. The predicted octanol–water partition coefficient (Wildman–Crippen LogP) is 5.01. The highest BCUT2D eigenvalue weighted by atomic mass is 35.5. The molecule has 2 N–H and O–H groups in total. The summed E-state index contributed by atoms with van der Waals surface area (Å²) >= 11 is 12.7. The van der Waals surface area contributed by atoms with Crippen LogP contribution in [0.1, 0.15) is 26.4 Å². The van der Waals surface area contributed by atoms with Crippen LogP contribution in [-0.2, 0) is 6.42 Å². The Morgan fingerprint density at radius 3 is 3.00 bits per heavy atom. The van der Waals surface area contributed by atoms with Crippen LogP contribution in [0.4, 0.5) is 5.13 Å². The number of aromatic nitrogens is 2. The quantitative estimate of drug-likeness (QED) is 0.630. The van der Waals surface area contributed by atoms with E-state index in [0.717, 1.165) is 27.4 Å². The van der Waals surface area contributed by atoms with Crippen LogP contribution in [0.25, 0.3) is 0 Å². The van der Waals surface area contributed by atoms with Crippen LogP contribution in [0.5, 0.6) is 0 Å². The average molecular weight is 376 g/mol. The molecule has 122 valence electrons. The average Bonchev–Trinajstić information content (AvgIpc) is 2.98. The fraction of sp³-hybridized carbons (Fsp3) is 0.118. The number of nitrogens with zero attached hydrogens (tertiary/aromatic N) is 1. The zero-order valence-corrected chi connectivity index (χ0v) is 15.2. The van der Waals surface area contributed by atoms with Crippen molar-refractivity contribution >= 4 is 46.2 Å². The second-order valence-corrected chi connectivity index (χ2v) is 7.19. The van der Waals surface area contributed by atoms with E-state index in [2.05, 4.69) is 15.3 Å². The zero-order valence-electron chi connectivity index (χ0n) is 12.8. The summed E-state index contributed by atoms with van der Waals surface area (Å²) in [6.45, 7) is 1.97. The van der Waals surface area contributed by atoms with Crippen molar-refractivity contribution in [3.8, 4) is 0 Å². The Bertz CT molecular complexity index is 949. The minimum absolute atomic E-state index is 0.267. The number of benzene rings is 1. The van der Waals surface area contributed by atoms with Gasteiger partial charge in [-0.1, -0.05) is 36.0 Å². The molecule has 7 heteroatoms. The molecule has 0 saturated carbocycles. The fourth-order valence-corrected chi connectivity index (χ4v) is 3.43. The molecule has 0 aliphatic heterocycles. The van der Waals surface area contributed by atoms with E-state index >= 15 is 0 Å². The van der Waals surface area contributed by atoms with Gasteiger partial charge in [-0.2, -0.15) is 0 Å². The first-order valence-corrected chi connectivity index (χ1v) is 8.82. The topological polar surface area (TPSA) is 57.8 Å². The Hall–Kier alpha value is -2.02. The highest BCUT2D eigenvalue weighted by Gasteiger charge is 2.11. The third kappa shape index (κ3) is 3.90. The molecule has 24 heavy (non-hydrogen) atoms. The van der Waals surface area contributed by atoms with Crippen LogP contribution in [0, 0.1) is 11.6 Å². The number of hydrogen-bond donors (Lipinski definition) is 2. The summed E-state index contributed by atoms with van der Waals surface area (Å²) < 4.78 is 0.404. The molecule has 0 spiro atoms. The zero-order chi connectivity index (χ0) is 17.1. The Labute approximate surface area is 153 Å². The summed E-state index contributed by atoms with van der Waals surface area (Å²) in [4.78, 5) is 20.4. The van der Waals surface area contributed by atoms with Crippen LogP contribution in [0.3, 0.4) is 0 Å². The first-order chi connectivity index (χ1) is 11.5. The number of H-pyrrole nitrogens is 1. The number of aryl methyl sites for hydroxylation is 1. The molecule has 0 bridgehead atoms. The van der Waals surface area contributed by atoms with Gasteiger partial charge in [0.15, 0.2) is 5.13 Å². The van der Waals surface area contributed by atoms with Gasteiger partial charge in [-0.3, -0.25) is 10.1 Å². The summed E-state index contributed by atoms with van der Waals surface area (Å²) in [6, 6.07) is 9.41. The van der Waals surface area contributed by atoms with Gasteiger partial charge >= 0.3 is 0 Å². The van der Waals surface area contributed by atoms with Crippen molar-refractivity contribution in [3.05, 3.63) is 74.0 Å². The molecule has 0 fully saturated rings. The number of aromatic amines is 1. The number of carbonyl (C=O) groups is 1. The highest BCUT2D eigenvalue weighted by molar-refractivity contribution is 7.71. The number of rotatable bonds is 4. The predicted molar refractivity (Wildman–Crippen MR) is 101 cm³/mol. The minimum atomic E-state index is -0.267. The van der Waals surface area contributed by atoms with E-state index in [4.69, 9.17) is 23.8 Å². The largest absolute Gasteiger partial charge is 0.352 e. The van der Waals surface area contributed by atoms with Crippen molar-refractivity contribution < 1.29 is 4.79 Å². The summed E-state index contributed by atoms with van der Waals surface area (Å²) in [7, 11) is 0. The molecular weight excluding hydrogens is 362 g/mol. The van der Waals surface area contributed by atoms with E-state index in [0.29, 0.717) is 15.3 Å².